The van der Waals surface area contributed by atoms with Crippen LogP contribution in [0.1, 0.15) is 25.5 Å². The number of nitrogens with two attached hydrogens (primary N) is 1. The van der Waals surface area contributed by atoms with Crippen LogP contribution >= 0.6 is 23.5 Å². The Labute approximate surface area is 130 Å². The van der Waals surface area contributed by atoms with Crippen LogP contribution in [0.5, 0.6) is 11.5 Å². The van der Waals surface area contributed by atoms with Gasteiger partial charge in [0, 0.05) is 27.5 Å². The molecule has 3 nitrogen and oxygen atoms in total. The minimum atomic E-state index is 0.0299. The third-order valence-electron chi connectivity index (χ3n) is 3.77. The van der Waals surface area contributed by atoms with Gasteiger partial charge in [0.15, 0.2) is 11.5 Å². The Hall–Kier alpha value is -0.520. The Morgan fingerprint density at radius 3 is 2.45 bits per heavy atom. The second kappa shape index (κ2) is 6.96. The SMILES string of the molecule is COc1ccc(C(N)C2CSC(C)C(C)S2)cc1OC. The molecule has 1 saturated heterocycles. The van der Waals surface area contributed by atoms with Crippen molar-refractivity contribution < 1.29 is 9.47 Å². The quantitative estimate of drug-likeness (QED) is 0.923. The van der Waals surface area contributed by atoms with Crippen LogP contribution in [0.15, 0.2) is 18.2 Å². The molecule has 0 aromatic heterocycles. The Morgan fingerprint density at radius 1 is 1.15 bits per heavy atom. The molecule has 4 unspecified atom stereocenters. The van der Waals surface area contributed by atoms with Gasteiger partial charge < -0.3 is 15.2 Å². The highest BCUT2D eigenvalue weighted by molar-refractivity contribution is 8.07. The van der Waals surface area contributed by atoms with E-state index in [2.05, 4.69) is 13.8 Å². The lowest BCUT2D eigenvalue weighted by atomic mass is 10.0. The first-order chi connectivity index (χ1) is 9.56. The molecule has 1 heterocycles. The van der Waals surface area contributed by atoms with Crippen molar-refractivity contribution in [2.45, 2.75) is 35.6 Å². The standard InChI is InChI=1S/C15H23NO2S2/c1-9-10(2)20-14(8-19-9)15(16)11-5-6-12(17-3)13(7-11)18-4/h5-7,9-10,14-15H,8,16H2,1-4H3. The van der Waals surface area contributed by atoms with Crippen molar-refractivity contribution in [3.8, 4) is 11.5 Å². The molecule has 0 spiro atoms. The molecule has 0 amide bonds. The molecule has 2 rings (SSSR count). The van der Waals surface area contributed by atoms with Gasteiger partial charge in [-0.1, -0.05) is 19.9 Å². The minimum Gasteiger partial charge on any atom is -0.493 e. The molecule has 0 aliphatic carbocycles. The third kappa shape index (κ3) is 3.38. The van der Waals surface area contributed by atoms with Gasteiger partial charge in [-0.3, -0.25) is 0 Å². The van der Waals surface area contributed by atoms with Gasteiger partial charge in [-0.25, -0.2) is 0 Å². The normalized spacial score (nSPS) is 27.9. The van der Waals surface area contributed by atoms with E-state index < -0.39 is 0 Å². The Kier molecular flexibility index (Phi) is 5.52. The number of hydrogen-bond acceptors (Lipinski definition) is 5. The molecular weight excluding hydrogens is 290 g/mol. The summed E-state index contributed by atoms with van der Waals surface area (Å²) in [6, 6.07) is 6.00. The van der Waals surface area contributed by atoms with Crippen LogP contribution in [0.3, 0.4) is 0 Å². The van der Waals surface area contributed by atoms with Crippen molar-refractivity contribution in [2.75, 3.05) is 20.0 Å². The largest absolute Gasteiger partial charge is 0.493 e. The zero-order valence-corrected chi connectivity index (χ0v) is 14.1. The van der Waals surface area contributed by atoms with Gasteiger partial charge in [0.25, 0.3) is 0 Å². The maximum atomic E-state index is 6.46. The summed E-state index contributed by atoms with van der Waals surface area (Å²) < 4.78 is 10.6. The summed E-state index contributed by atoms with van der Waals surface area (Å²) in [4.78, 5) is 0. The van der Waals surface area contributed by atoms with Crippen molar-refractivity contribution in [3.63, 3.8) is 0 Å². The molecule has 4 atom stereocenters. The molecule has 2 N–H and O–H groups in total. The Morgan fingerprint density at radius 2 is 1.85 bits per heavy atom. The van der Waals surface area contributed by atoms with Gasteiger partial charge in [-0.05, 0) is 17.7 Å². The van der Waals surface area contributed by atoms with E-state index in [4.69, 9.17) is 15.2 Å². The van der Waals surface area contributed by atoms with Gasteiger partial charge in [0.2, 0.25) is 0 Å². The van der Waals surface area contributed by atoms with E-state index in [1.54, 1.807) is 14.2 Å². The van der Waals surface area contributed by atoms with E-state index in [0.29, 0.717) is 15.7 Å². The van der Waals surface area contributed by atoms with Crippen molar-refractivity contribution in [2.24, 2.45) is 5.73 Å². The Balaban J connectivity index is 2.14. The summed E-state index contributed by atoms with van der Waals surface area (Å²) in [6.07, 6.45) is 0. The molecule has 112 valence electrons. The van der Waals surface area contributed by atoms with Gasteiger partial charge in [-0.15, -0.1) is 0 Å². The molecule has 1 fully saturated rings. The number of methoxy groups -OCH3 is 2. The molecule has 0 radical (unpaired) electrons. The molecule has 0 saturated carbocycles. The van der Waals surface area contributed by atoms with E-state index in [1.165, 1.54) is 0 Å². The average molecular weight is 313 g/mol. The van der Waals surface area contributed by atoms with Crippen LogP contribution in [-0.2, 0) is 0 Å². The van der Waals surface area contributed by atoms with Crippen molar-refractivity contribution in [3.05, 3.63) is 23.8 Å². The van der Waals surface area contributed by atoms with E-state index in [1.807, 2.05) is 41.7 Å². The minimum absolute atomic E-state index is 0.0299. The van der Waals surface area contributed by atoms with Crippen LogP contribution in [0.25, 0.3) is 0 Å². The number of rotatable bonds is 4. The second-order valence-corrected chi connectivity index (χ2v) is 8.09. The first kappa shape index (κ1) is 15.9. The van der Waals surface area contributed by atoms with Crippen molar-refractivity contribution in [1.82, 2.24) is 0 Å². The highest BCUT2D eigenvalue weighted by Crippen LogP contribution is 2.41. The molecule has 0 bridgehead atoms. The fourth-order valence-corrected chi connectivity index (χ4v) is 5.32. The monoisotopic (exact) mass is 313 g/mol. The van der Waals surface area contributed by atoms with Crippen LogP contribution in [0, 0.1) is 0 Å². The van der Waals surface area contributed by atoms with Crippen LogP contribution in [0.4, 0.5) is 0 Å². The number of thioether (sulfide) groups is 2. The molecule has 1 aromatic carbocycles. The third-order valence-corrected chi connectivity index (χ3v) is 7.28. The Bertz CT molecular complexity index is 455. The van der Waals surface area contributed by atoms with Crippen LogP contribution < -0.4 is 15.2 Å². The van der Waals surface area contributed by atoms with E-state index in [0.717, 1.165) is 22.8 Å². The molecule has 1 aliphatic heterocycles. The number of hydrogen-bond donors (Lipinski definition) is 1. The fourth-order valence-electron chi connectivity index (χ4n) is 2.27. The van der Waals surface area contributed by atoms with Gasteiger partial charge in [0.1, 0.15) is 0 Å². The average Bonchev–Trinajstić information content (AvgIpc) is 2.48. The molecule has 1 aliphatic rings. The summed E-state index contributed by atoms with van der Waals surface area (Å²) in [7, 11) is 3.30. The van der Waals surface area contributed by atoms with E-state index >= 15 is 0 Å². The van der Waals surface area contributed by atoms with Crippen molar-refractivity contribution >= 4 is 23.5 Å². The predicted molar refractivity (Wildman–Crippen MR) is 89.2 cm³/mol. The fraction of sp³-hybridized carbons (Fsp3) is 0.600. The van der Waals surface area contributed by atoms with Gasteiger partial charge in [-0.2, -0.15) is 23.5 Å². The summed E-state index contributed by atoms with van der Waals surface area (Å²) in [5.41, 5.74) is 7.58. The zero-order chi connectivity index (χ0) is 14.7. The second-order valence-electron chi connectivity index (χ2n) is 5.06. The number of ether oxygens (including phenoxy) is 2. The number of benzene rings is 1. The molecule has 5 heteroatoms. The van der Waals surface area contributed by atoms with E-state index in [-0.39, 0.29) is 6.04 Å². The first-order valence-corrected chi connectivity index (χ1v) is 8.80. The van der Waals surface area contributed by atoms with Gasteiger partial charge >= 0.3 is 0 Å². The lowest BCUT2D eigenvalue weighted by Gasteiger charge is -2.34. The van der Waals surface area contributed by atoms with Crippen LogP contribution in [-0.4, -0.2) is 35.7 Å². The van der Waals surface area contributed by atoms with Gasteiger partial charge in [0.05, 0.1) is 14.2 Å². The summed E-state index contributed by atoms with van der Waals surface area (Å²) in [5, 5.41) is 1.79. The van der Waals surface area contributed by atoms with Crippen LogP contribution in [0.2, 0.25) is 0 Å². The predicted octanol–water partition coefficient (Wildman–Crippen LogP) is 3.33. The smallest absolute Gasteiger partial charge is 0.161 e. The molecule has 1 aromatic rings. The molecule has 20 heavy (non-hydrogen) atoms. The maximum Gasteiger partial charge on any atom is 0.161 e. The summed E-state index contributed by atoms with van der Waals surface area (Å²) in [5.74, 6) is 2.59. The summed E-state index contributed by atoms with van der Waals surface area (Å²) in [6.45, 7) is 4.58. The zero-order valence-electron chi connectivity index (χ0n) is 12.5. The summed E-state index contributed by atoms with van der Waals surface area (Å²) >= 11 is 4.02. The lowest BCUT2D eigenvalue weighted by molar-refractivity contribution is 0.354. The van der Waals surface area contributed by atoms with E-state index in [9.17, 15) is 0 Å². The molecular formula is C15H23NO2S2. The lowest BCUT2D eigenvalue weighted by Crippen LogP contribution is -2.34. The van der Waals surface area contributed by atoms with Crippen molar-refractivity contribution in [1.29, 1.82) is 0 Å². The highest BCUT2D eigenvalue weighted by Gasteiger charge is 2.30. The maximum absolute atomic E-state index is 6.46. The highest BCUT2D eigenvalue weighted by atomic mass is 32.2. The topological polar surface area (TPSA) is 44.5 Å². The first-order valence-electron chi connectivity index (χ1n) is 6.81.